The van der Waals surface area contributed by atoms with Gasteiger partial charge >= 0.3 is 0 Å². The second-order valence-electron chi connectivity index (χ2n) is 6.80. The molecule has 0 spiro atoms. The van der Waals surface area contributed by atoms with Crippen molar-refractivity contribution in [3.8, 4) is 5.75 Å². The average Bonchev–Trinajstić information content (AvgIpc) is 2.70. The zero-order chi connectivity index (χ0) is 19.2. The standard InChI is InChI=1S/C24H24BrNO/c1-3-17(2)21-11-7-8-12-23(21)26-16-20-14-19(15-22(25)24(20)27)13-18-9-5-4-6-10-18/h4-12,14-17,27H,3,13H2,1-2H3/t17-/m1/s1. The highest BCUT2D eigenvalue weighted by Crippen LogP contribution is 2.32. The van der Waals surface area contributed by atoms with Crippen LogP contribution < -0.4 is 0 Å². The SMILES string of the molecule is CC[C@@H](C)c1ccccc1N=Cc1cc(Cc2ccccc2)cc(Br)c1O. The number of para-hydroxylation sites is 1. The topological polar surface area (TPSA) is 32.6 Å². The van der Waals surface area contributed by atoms with E-state index in [1.165, 1.54) is 11.1 Å². The molecule has 3 aromatic rings. The van der Waals surface area contributed by atoms with E-state index in [1.54, 1.807) is 6.21 Å². The van der Waals surface area contributed by atoms with Gasteiger partial charge in [0.1, 0.15) is 5.75 Å². The Balaban J connectivity index is 1.92. The number of phenols is 1. The number of hydrogen-bond acceptors (Lipinski definition) is 2. The molecule has 138 valence electrons. The molecule has 0 aliphatic rings. The van der Waals surface area contributed by atoms with Gasteiger partial charge in [0, 0.05) is 11.8 Å². The van der Waals surface area contributed by atoms with E-state index in [0.29, 0.717) is 16.0 Å². The Bertz CT molecular complexity index is 934. The summed E-state index contributed by atoms with van der Waals surface area (Å²) in [6.07, 6.45) is 3.63. The van der Waals surface area contributed by atoms with E-state index in [2.05, 4.69) is 59.0 Å². The van der Waals surface area contributed by atoms with Crippen molar-refractivity contribution in [3.05, 3.63) is 93.5 Å². The van der Waals surface area contributed by atoms with Crippen molar-refractivity contribution < 1.29 is 5.11 Å². The highest BCUT2D eigenvalue weighted by atomic mass is 79.9. The van der Waals surface area contributed by atoms with E-state index in [4.69, 9.17) is 0 Å². The number of aliphatic imine (C=N–C) groups is 1. The molecule has 0 saturated carbocycles. The third kappa shape index (κ3) is 4.86. The largest absolute Gasteiger partial charge is 0.506 e. The zero-order valence-corrected chi connectivity index (χ0v) is 17.3. The first-order chi connectivity index (χ1) is 13.1. The minimum atomic E-state index is 0.219. The summed E-state index contributed by atoms with van der Waals surface area (Å²) in [6, 6.07) is 22.5. The van der Waals surface area contributed by atoms with Crippen LogP contribution in [-0.2, 0) is 6.42 Å². The van der Waals surface area contributed by atoms with Gasteiger partial charge in [-0.25, -0.2) is 0 Å². The summed E-state index contributed by atoms with van der Waals surface area (Å²) in [5.41, 5.74) is 5.27. The number of nitrogens with zero attached hydrogens (tertiary/aromatic N) is 1. The molecule has 3 rings (SSSR count). The van der Waals surface area contributed by atoms with Crippen LogP contribution in [0.15, 0.2) is 76.2 Å². The second kappa shape index (κ2) is 9.01. The van der Waals surface area contributed by atoms with Crippen molar-refractivity contribution >= 4 is 27.8 Å². The molecule has 0 aliphatic carbocycles. The molecule has 0 aliphatic heterocycles. The number of halogens is 1. The Hall–Kier alpha value is -2.39. The van der Waals surface area contributed by atoms with Gasteiger partial charge in [-0.15, -0.1) is 0 Å². The minimum Gasteiger partial charge on any atom is -0.506 e. The maximum absolute atomic E-state index is 10.5. The molecule has 0 aromatic heterocycles. The summed E-state index contributed by atoms with van der Waals surface area (Å²) in [4.78, 5) is 4.69. The van der Waals surface area contributed by atoms with Crippen molar-refractivity contribution in [3.63, 3.8) is 0 Å². The molecule has 1 N–H and O–H groups in total. The lowest BCUT2D eigenvalue weighted by Gasteiger charge is -2.12. The van der Waals surface area contributed by atoms with Crippen LogP contribution in [0.3, 0.4) is 0 Å². The van der Waals surface area contributed by atoms with Crippen molar-refractivity contribution in [2.75, 3.05) is 0 Å². The smallest absolute Gasteiger partial charge is 0.138 e. The summed E-state index contributed by atoms with van der Waals surface area (Å²) in [6.45, 7) is 4.39. The van der Waals surface area contributed by atoms with Gasteiger partial charge in [0.15, 0.2) is 0 Å². The first kappa shape index (κ1) is 19.4. The summed E-state index contributed by atoms with van der Waals surface area (Å²) >= 11 is 3.47. The summed E-state index contributed by atoms with van der Waals surface area (Å²) in [5, 5.41) is 10.5. The van der Waals surface area contributed by atoms with Gasteiger partial charge in [0.05, 0.1) is 10.2 Å². The number of benzene rings is 3. The normalized spacial score (nSPS) is 12.4. The Labute approximate surface area is 169 Å². The van der Waals surface area contributed by atoms with E-state index in [-0.39, 0.29) is 5.75 Å². The highest BCUT2D eigenvalue weighted by Gasteiger charge is 2.10. The molecule has 0 saturated heterocycles. The van der Waals surface area contributed by atoms with Crippen molar-refractivity contribution in [2.45, 2.75) is 32.6 Å². The fourth-order valence-corrected chi connectivity index (χ4v) is 3.61. The van der Waals surface area contributed by atoms with Crippen LogP contribution in [-0.4, -0.2) is 11.3 Å². The van der Waals surface area contributed by atoms with Gasteiger partial charge in [-0.05, 0) is 69.6 Å². The van der Waals surface area contributed by atoms with Crippen LogP contribution in [0, 0.1) is 0 Å². The molecule has 3 aromatic carbocycles. The average molecular weight is 422 g/mol. The lowest BCUT2D eigenvalue weighted by molar-refractivity contribution is 0.471. The van der Waals surface area contributed by atoms with Crippen molar-refractivity contribution in [2.24, 2.45) is 4.99 Å². The minimum absolute atomic E-state index is 0.219. The van der Waals surface area contributed by atoms with E-state index in [0.717, 1.165) is 24.1 Å². The van der Waals surface area contributed by atoms with Crippen LogP contribution in [0.2, 0.25) is 0 Å². The molecule has 3 heteroatoms. The number of hydrogen-bond donors (Lipinski definition) is 1. The fraction of sp³-hybridized carbons (Fsp3) is 0.208. The molecule has 27 heavy (non-hydrogen) atoms. The molecule has 0 amide bonds. The number of aromatic hydroxyl groups is 1. The lowest BCUT2D eigenvalue weighted by Crippen LogP contribution is -1.94. The van der Waals surface area contributed by atoms with Crippen LogP contribution >= 0.6 is 15.9 Å². The molecule has 2 nitrogen and oxygen atoms in total. The van der Waals surface area contributed by atoms with Gasteiger partial charge < -0.3 is 5.11 Å². The third-order valence-electron chi connectivity index (χ3n) is 4.83. The van der Waals surface area contributed by atoms with Gasteiger partial charge in [0.2, 0.25) is 0 Å². The Morgan fingerprint density at radius 2 is 1.70 bits per heavy atom. The predicted octanol–water partition coefficient (Wildman–Crippen LogP) is 7.01. The summed E-state index contributed by atoms with van der Waals surface area (Å²) in [7, 11) is 0. The van der Waals surface area contributed by atoms with Crippen LogP contribution in [0.5, 0.6) is 5.75 Å². The van der Waals surface area contributed by atoms with Gasteiger partial charge in [-0.3, -0.25) is 4.99 Å². The monoisotopic (exact) mass is 421 g/mol. The second-order valence-corrected chi connectivity index (χ2v) is 7.66. The van der Waals surface area contributed by atoms with E-state index in [9.17, 15) is 5.11 Å². The first-order valence-corrected chi connectivity index (χ1v) is 10.1. The van der Waals surface area contributed by atoms with Gasteiger partial charge in [-0.1, -0.05) is 62.4 Å². The van der Waals surface area contributed by atoms with Crippen LogP contribution in [0.25, 0.3) is 0 Å². The molecule has 0 radical (unpaired) electrons. The Morgan fingerprint density at radius 3 is 2.44 bits per heavy atom. The highest BCUT2D eigenvalue weighted by molar-refractivity contribution is 9.10. The van der Waals surface area contributed by atoms with Crippen molar-refractivity contribution in [1.29, 1.82) is 0 Å². The predicted molar refractivity (Wildman–Crippen MR) is 117 cm³/mol. The number of rotatable bonds is 6. The Kier molecular flexibility index (Phi) is 6.46. The summed E-state index contributed by atoms with van der Waals surface area (Å²) in [5.74, 6) is 0.666. The number of phenolic OH excluding ortho intramolecular Hbond substituents is 1. The van der Waals surface area contributed by atoms with Crippen LogP contribution in [0.4, 0.5) is 5.69 Å². The molecular formula is C24H24BrNO. The molecular weight excluding hydrogens is 398 g/mol. The molecule has 0 bridgehead atoms. The molecule has 0 heterocycles. The lowest BCUT2D eigenvalue weighted by atomic mass is 9.97. The molecule has 0 unspecified atom stereocenters. The zero-order valence-electron chi connectivity index (χ0n) is 15.7. The van der Waals surface area contributed by atoms with Gasteiger partial charge in [0.25, 0.3) is 0 Å². The third-order valence-corrected chi connectivity index (χ3v) is 5.43. The maximum atomic E-state index is 10.5. The molecule has 0 fully saturated rings. The quantitative estimate of drug-likeness (QED) is 0.426. The van der Waals surface area contributed by atoms with Gasteiger partial charge in [-0.2, -0.15) is 0 Å². The Morgan fingerprint density at radius 1 is 1.00 bits per heavy atom. The summed E-state index contributed by atoms with van der Waals surface area (Å²) < 4.78 is 0.688. The van der Waals surface area contributed by atoms with E-state index in [1.807, 2.05) is 42.5 Å². The fourth-order valence-electron chi connectivity index (χ4n) is 3.09. The first-order valence-electron chi connectivity index (χ1n) is 9.26. The molecule has 1 atom stereocenters. The van der Waals surface area contributed by atoms with Crippen LogP contribution in [0.1, 0.15) is 48.4 Å². The van der Waals surface area contributed by atoms with E-state index < -0.39 is 0 Å². The van der Waals surface area contributed by atoms with E-state index >= 15 is 0 Å². The maximum Gasteiger partial charge on any atom is 0.138 e. The van der Waals surface area contributed by atoms with Crippen molar-refractivity contribution in [1.82, 2.24) is 0 Å².